The van der Waals surface area contributed by atoms with E-state index in [1.54, 1.807) is 14.2 Å². The lowest BCUT2D eigenvalue weighted by Crippen LogP contribution is -2.47. The first-order valence-corrected chi connectivity index (χ1v) is 13.4. The number of para-hydroxylation sites is 3. The third-order valence-electron chi connectivity index (χ3n) is 6.64. The summed E-state index contributed by atoms with van der Waals surface area (Å²) in [7, 11) is 7.36. The van der Waals surface area contributed by atoms with E-state index >= 15 is 0 Å². The van der Waals surface area contributed by atoms with E-state index in [9.17, 15) is 4.79 Å². The molecular weight excluding hydrogens is 488 g/mol. The van der Waals surface area contributed by atoms with Crippen LogP contribution in [0.3, 0.4) is 0 Å². The van der Waals surface area contributed by atoms with Crippen molar-refractivity contribution < 1.29 is 14.3 Å². The third-order valence-corrected chi connectivity index (χ3v) is 6.64. The predicted molar refractivity (Wildman–Crippen MR) is 161 cm³/mol. The molecule has 1 saturated heterocycles. The number of anilines is 1. The van der Waals surface area contributed by atoms with Gasteiger partial charge in [-0.25, -0.2) is 0 Å². The summed E-state index contributed by atoms with van der Waals surface area (Å²) in [5.41, 5.74) is 3.76. The Hall–Kier alpha value is -3.65. The third kappa shape index (κ3) is 8.17. The van der Waals surface area contributed by atoms with Gasteiger partial charge in [0.1, 0.15) is 5.75 Å². The zero-order chi connectivity index (χ0) is 28.0. The van der Waals surface area contributed by atoms with Crippen molar-refractivity contribution in [2.45, 2.75) is 6.92 Å². The maximum atomic E-state index is 12.5. The van der Waals surface area contributed by atoms with Gasteiger partial charge in [0, 0.05) is 68.6 Å². The van der Waals surface area contributed by atoms with Crippen molar-refractivity contribution in [2.24, 2.45) is 7.05 Å². The maximum Gasteiger partial charge on any atom is 0.195 e. The zero-order valence-electron chi connectivity index (χ0n) is 23.9. The molecule has 0 atom stereocenters. The lowest BCUT2D eigenvalue weighted by molar-refractivity contribution is 0.0595. The number of nitrogens with one attached hydrogen (secondary N) is 1. The molecule has 0 radical (unpaired) electrons. The minimum absolute atomic E-state index is 0.0763. The second kappa shape index (κ2) is 15.7. The number of benzene rings is 3. The topological polar surface area (TPSA) is 59.0 Å². The molecule has 1 aliphatic rings. The van der Waals surface area contributed by atoms with E-state index in [0.29, 0.717) is 0 Å². The smallest absolute Gasteiger partial charge is 0.195 e. The van der Waals surface area contributed by atoms with Crippen LogP contribution in [0.5, 0.6) is 5.75 Å². The summed E-state index contributed by atoms with van der Waals surface area (Å²) in [4.78, 5) is 17.1. The first kappa shape index (κ1) is 29.9. The number of hydrogen-bond donors (Lipinski definition) is 1. The minimum Gasteiger partial charge on any atom is -0.495 e. The molecule has 208 valence electrons. The average Bonchev–Trinajstić information content (AvgIpc) is 3.34. The monoisotopic (exact) mass is 530 g/mol. The number of hydrogen-bond acceptors (Lipinski definition) is 6. The van der Waals surface area contributed by atoms with Crippen LogP contribution in [0, 0.1) is 0 Å². The minimum atomic E-state index is 0.0763. The van der Waals surface area contributed by atoms with E-state index in [-0.39, 0.29) is 5.78 Å². The van der Waals surface area contributed by atoms with Gasteiger partial charge in [-0.05, 0) is 31.8 Å². The number of carbonyl (C=O) groups excluding carboxylic acids is 1. The number of fused-ring (bicyclic) bond motifs is 1. The van der Waals surface area contributed by atoms with Gasteiger partial charge in [-0.1, -0.05) is 67.6 Å². The average molecular weight is 531 g/mol. The van der Waals surface area contributed by atoms with Gasteiger partial charge in [-0.2, -0.15) is 0 Å². The van der Waals surface area contributed by atoms with Crippen molar-refractivity contribution in [3.63, 3.8) is 0 Å². The molecule has 1 aromatic heterocycles. The Morgan fingerprint density at radius 2 is 1.49 bits per heavy atom. The number of nitrogens with zero attached hydrogens (tertiary/aromatic N) is 3. The van der Waals surface area contributed by atoms with E-state index in [1.807, 2.05) is 91.6 Å². The summed E-state index contributed by atoms with van der Waals surface area (Å²) in [6.07, 6.45) is 1.90. The van der Waals surface area contributed by atoms with Crippen LogP contribution in [-0.2, 0) is 11.8 Å². The number of rotatable bonds is 7. The number of ether oxygens (including phenoxy) is 2. The molecule has 0 saturated carbocycles. The van der Waals surface area contributed by atoms with Crippen LogP contribution in [0.1, 0.15) is 22.8 Å². The quantitative estimate of drug-likeness (QED) is 0.337. The molecule has 0 bridgehead atoms. The van der Waals surface area contributed by atoms with Crippen molar-refractivity contribution in [3.8, 4) is 5.75 Å². The van der Waals surface area contributed by atoms with E-state index in [1.165, 1.54) is 5.69 Å². The largest absolute Gasteiger partial charge is 0.495 e. The van der Waals surface area contributed by atoms with Crippen LogP contribution in [0.25, 0.3) is 10.9 Å². The highest BCUT2D eigenvalue weighted by atomic mass is 16.5. The summed E-state index contributed by atoms with van der Waals surface area (Å²) in [5, 5.41) is 3.94. The summed E-state index contributed by atoms with van der Waals surface area (Å²) >= 11 is 0. The van der Waals surface area contributed by atoms with Crippen molar-refractivity contribution >= 4 is 22.4 Å². The number of methoxy groups -OCH3 is 2. The number of carbonyl (C=O) groups is 1. The molecule has 0 unspecified atom stereocenters. The van der Waals surface area contributed by atoms with Crippen molar-refractivity contribution in [2.75, 3.05) is 65.6 Å². The van der Waals surface area contributed by atoms with Crippen LogP contribution in [-0.4, -0.2) is 76.0 Å². The molecule has 7 heteroatoms. The van der Waals surface area contributed by atoms with Gasteiger partial charge < -0.3 is 24.3 Å². The molecule has 1 N–H and O–H groups in total. The maximum absolute atomic E-state index is 12.5. The van der Waals surface area contributed by atoms with Crippen molar-refractivity contribution in [3.05, 3.63) is 96.2 Å². The highest BCUT2D eigenvalue weighted by Crippen LogP contribution is 2.28. The number of aromatic nitrogens is 1. The van der Waals surface area contributed by atoms with Gasteiger partial charge in [-0.3, -0.25) is 9.69 Å². The van der Waals surface area contributed by atoms with Gasteiger partial charge in [0.05, 0.1) is 19.5 Å². The summed E-state index contributed by atoms with van der Waals surface area (Å²) < 4.78 is 12.5. The van der Waals surface area contributed by atoms with Crippen molar-refractivity contribution in [1.29, 1.82) is 0 Å². The fraction of sp³-hybridized carbons (Fsp3) is 0.344. The Morgan fingerprint density at radius 1 is 0.872 bits per heavy atom. The molecule has 39 heavy (non-hydrogen) atoms. The molecular formula is C32H42N4O3. The second-order valence-corrected chi connectivity index (χ2v) is 9.27. The molecule has 5 rings (SSSR count). The lowest BCUT2D eigenvalue weighted by Gasteiger charge is -2.36. The first-order valence-electron chi connectivity index (χ1n) is 13.4. The van der Waals surface area contributed by atoms with E-state index in [0.717, 1.165) is 67.2 Å². The van der Waals surface area contributed by atoms with Gasteiger partial charge >= 0.3 is 0 Å². The fourth-order valence-electron chi connectivity index (χ4n) is 4.46. The highest BCUT2D eigenvalue weighted by molar-refractivity contribution is 6.16. The van der Waals surface area contributed by atoms with Crippen LogP contribution < -0.4 is 15.0 Å². The van der Waals surface area contributed by atoms with E-state index < -0.39 is 0 Å². The van der Waals surface area contributed by atoms with Crippen LogP contribution in [0.4, 0.5) is 5.69 Å². The molecule has 0 aliphatic carbocycles. The van der Waals surface area contributed by atoms with Gasteiger partial charge in [-0.15, -0.1) is 0 Å². The second-order valence-electron chi connectivity index (χ2n) is 9.27. The Labute approximate surface area is 232 Å². The summed E-state index contributed by atoms with van der Waals surface area (Å²) in [5.74, 6) is 1.03. The summed E-state index contributed by atoms with van der Waals surface area (Å²) in [6, 6.07) is 25.5. The van der Waals surface area contributed by atoms with Gasteiger partial charge in [0.25, 0.3) is 0 Å². The van der Waals surface area contributed by atoms with E-state index in [2.05, 4.69) is 34.2 Å². The Balaban J connectivity index is 0.000000190. The Morgan fingerprint density at radius 3 is 2.13 bits per heavy atom. The highest BCUT2D eigenvalue weighted by Gasteiger charge is 2.19. The van der Waals surface area contributed by atoms with Crippen LogP contribution in [0.15, 0.2) is 85.1 Å². The molecule has 0 spiro atoms. The van der Waals surface area contributed by atoms with Gasteiger partial charge in [0.2, 0.25) is 0 Å². The van der Waals surface area contributed by atoms with Crippen molar-refractivity contribution in [1.82, 2.24) is 14.8 Å². The normalized spacial score (nSPS) is 13.2. The number of piperazine rings is 1. The summed E-state index contributed by atoms with van der Waals surface area (Å²) in [6.45, 7) is 7.96. The first-order chi connectivity index (χ1) is 19.0. The van der Waals surface area contributed by atoms with Crippen LogP contribution >= 0.6 is 0 Å². The van der Waals surface area contributed by atoms with Gasteiger partial charge in [0.15, 0.2) is 5.78 Å². The molecule has 2 heterocycles. The zero-order valence-corrected chi connectivity index (χ0v) is 23.9. The predicted octanol–water partition coefficient (Wildman–Crippen LogP) is 5.06. The molecule has 7 nitrogen and oxygen atoms in total. The molecule has 4 aromatic rings. The standard InChI is InChI=1S/C16H13NO.C13H20N2O2.C3H9N/c1-17-11-14(13-9-5-6-10-15(13)17)16(18)12-7-3-2-4-8-12;1-16-11-14-7-9-15(10-8-14)12-5-3-4-6-13(12)17-2;1-3-4-2/h2-11H,1H3;3-6H,7-11H2,1-2H3;4H,3H2,1-2H3. The lowest BCUT2D eigenvalue weighted by atomic mass is 10.0. The Bertz CT molecular complexity index is 1280. The Kier molecular flexibility index (Phi) is 12.0. The fourth-order valence-corrected chi connectivity index (χ4v) is 4.46. The molecule has 1 fully saturated rings. The van der Waals surface area contributed by atoms with E-state index in [4.69, 9.17) is 9.47 Å². The molecule has 3 aromatic carbocycles. The molecule has 1 aliphatic heterocycles. The molecule has 0 amide bonds. The number of ketones is 1. The van der Waals surface area contributed by atoms with Crippen LogP contribution in [0.2, 0.25) is 0 Å². The number of aryl methyl sites for hydroxylation is 1. The SMILES string of the molecule is CCNC.COCN1CCN(c2ccccc2OC)CC1.Cn1cc(C(=O)c2ccccc2)c2ccccc21.